The summed E-state index contributed by atoms with van der Waals surface area (Å²) in [6, 6.07) is 6.94. The summed E-state index contributed by atoms with van der Waals surface area (Å²) in [5, 5.41) is 4.58. The van der Waals surface area contributed by atoms with E-state index in [2.05, 4.69) is 25.9 Å². The Labute approximate surface area is 156 Å². The van der Waals surface area contributed by atoms with Gasteiger partial charge in [0.05, 0.1) is 20.9 Å². The molecule has 0 aliphatic carbocycles. The molecule has 0 aromatic carbocycles. The molecule has 0 bridgehead atoms. The largest absolute Gasteiger partial charge is 0.338 e. The third kappa shape index (κ3) is 3.96. The van der Waals surface area contributed by atoms with Crippen LogP contribution in [-0.2, 0) is 5.41 Å². The Morgan fingerprint density at radius 1 is 1.20 bits per heavy atom. The average molecular weight is 380 g/mol. The van der Waals surface area contributed by atoms with Crippen LogP contribution >= 0.6 is 22.9 Å². The van der Waals surface area contributed by atoms with Crippen molar-refractivity contribution in [2.24, 2.45) is 0 Å². The van der Waals surface area contributed by atoms with E-state index in [1.807, 2.05) is 4.90 Å². The van der Waals surface area contributed by atoms with Gasteiger partial charge in [0.15, 0.2) is 0 Å². The minimum Gasteiger partial charge on any atom is -0.338 e. The van der Waals surface area contributed by atoms with Crippen LogP contribution in [0, 0.1) is 0 Å². The summed E-state index contributed by atoms with van der Waals surface area (Å²) in [6.45, 7) is 7.48. The van der Waals surface area contributed by atoms with Gasteiger partial charge in [0.2, 0.25) is 0 Å². The summed E-state index contributed by atoms with van der Waals surface area (Å²) >= 11 is 7.22. The van der Waals surface area contributed by atoms with Gasteiger partial charge in [-0.2, -0.15) is 5.10 Å². The zero-order valence-electron chi connectivity index (χ0n) is 14.7. The second kappa shape index (κ2) is 6.92. The monoisotopic (exact) mass is 379 g/mol. The van der Waals surface area contributed by atoms with Gasteiger partial charge in [-0.3, -0.25) is 9.59 Å². The van der Waals surface area contributed by atoms with Gasteiger partial charge in [-0.15, -0.1) is 11.3 Å². The van der Waals surface area contributed by atoms with Gasteiger partial charge in [0.1, 0.15) is 0 Å². The Balaban J connectivity index is 1.72. The molecule has 0 radical (unpaired) electrons. The minimum absolute atomic E-state index is 0.0131. The van der Waals surface area contributed by atoms with Crippen molar-refractivity contribution in [3.63, 3.8) is 0 Å². The van der Waals surface area contributed by atoms with Crippen LogP contribution in [0.15, 0.2) is 29.1 Å². The molecule has 1 aliphatic rings. The second-order valence-corrected chi connectivity index (χ2v) is 9.09. The van der Waals surface area contributed by atoms with Gasteiger partial charge >= 0.3 is 0 Å². The molecule has 0 saturated carbocycles. The van der Waals surface area contributed by atoms with E-state index in [9.17, 15) is 9.59 Å². The Hall–Kier alpha value is -1.66. The minimum atomic E-state index is -0.107. The lowest BCUT2D eigenvalue weighted by Gasteiger charge is -2.32. The summed E-state index contributed by atoms with van der Waals surface area (Å²) in [5.74, 6) is 0.0131. The fourth-order valence-corrected chi connectivity index (χ4v) is 4.00. The number of piperidine rings is 1. The van der Waals surface area contributed by atoms with Crippen LogP contribution in [0.2, 0.25) is 4.34 Å². The molecule has 25 heavy (non-hydrogen) atoms. The molecule has 1 aliphatic heterocycles. The van der Waals surface area contributed by atoms with Crippen molar-refractivity contribution in [1.29, 1.82) is 0 Å². The van der Waals surface area contributed by atoms with Crippen molar-refractivity contribution in [2.45, 2.75) is 45.1 Å². The zero-order valence-corrected chi connectivity index (χ0v) is 16.2. The molecule has 1 fully saturated rings. The fourth-order valence-electron chi connectivity index (χ4n) is 2.99. The maximum Gasteiger partial charge on any atom is 0.267 e. The fraction of sp³-hybridized carbons (Fsp3) is 0.500. The molecular weight excluding hydrogens is 358 g/mol. The number of hydrogen-bond acceptors (Lipinski definition) is 4. The van der Waals surface area contributed by atoms with Gasteiger partial charge in [-0.25, -0.2) is 4.68 Å². The summed E-state index contributed by atoms with van der Waals surface area (Å²) in [6.07, 6.45) is 1.46. The molecule has 1 amide bonds. The Morgan fingerprint density at radius 3 is 2.44 bits per heavy atom. The van der Waals surface area contributed by atoms with E-state index in [0.717, 1.165) is 18.5 Å². The molecule has 2 aromatic heterocycles. The van der Waals surface area contributed by atoms with Crippen molar-refractivity contribution in [1.82, 2.24) is 14.7 Å². The molecule has 134 valence electrons. The number of halogens is 1. The van der Waals surface area contributed by atoms with Crippen molar-refractivity contribution >= 4 is 28.8 Å². The SMILES string of the molecule is CC(C)(C)c1ccc(=O)n(C2CCN(C(=O)c3ccc(Cl)s3)CC2)n1. The summed E-state index contributed by atoms with van der Waals surface area (Å²) in [7, 11) is 0. The highest BCUT2D eigenvalue weighted by Gasteiger charge is 2.27. The standard InChI is InChI=1S/C18H22ClN3O2S/c1-18(2,3)14-5-7-16(23)22(20-14)12-8-10-21(11-9-12)17(24)13-4-6-15(19)25-13/h4-7,12H,8-11H2,1-3H3. The molecule has 2 aromatic rings. The third-order valence-electron chi connectivity index (χ3n) is 4.48. The normalized spacial score (nSPS) is 16.2. The van der Waals surface area contributed by atoms with Crippen LogP contribution in [0.25, 0.3) is 0 Å². The lowest BCUT2D eigenvalue weighted by Crippen LogP contribution is -2.41. The van der Waals surface area contributed by atoms with E-state index in [1.165, 1.54) is 11.3 Å². The van der Waals surface area contributed by atoms with Crippen LogP contribution < -0.4 is 5.56 Å². The average Bonchev–Trinajstić information content (AvgIpc) is 3.00. The quantitative estimate of drug-likeness (QED) is 0.798. The lowest BCUT2D eigenvalue weighted by molar-refractivity contribution is 0.0692. The number of amides is 1. The third-order valence-corrected chi connectivity index (χ3v) is 5.69. The van der Waals surface area contributed by atoms with Gasteiger partial charge < -0.3 is 4.90 Å². The zero-order chi connectivity index (χ0) is 18.2. The number of carbonyl (C=O) groups is 1. The van der Waals surface area contributed by atoms with E-state index in [-0.39, 0.29) is 22.9 Å². The van der Waals surface area contributed by atoms with E-state index >= 15 is 0 Å². The molecule has 7 heteroatoms. The topological polar surface area (TPSA) is 55.2 Å². The van der Waals surface area contributed by atoms with E-state index in [1.54, 1.807) is 28.9 Å². The first-order chi connectivity index (χ1) is 11.8. The molecular formula is C18H22ClN3O2S. The van der Waals surface area contributed by atoms with Crippen LogP contribution in [0.3, 0.4) is 0 Å². The summed E-state index contributed by atoms with van der Waals surface area (Å²) < 4.78 is 2.22. The number of carbonyl (C=O) groups excluding carboxylic acids is 1. The predicted octanol–water partition coefficient (Wildman–Crippen LogP) is 3.73. The molecule has 1 saturated heterocycles. The molecule has 0 unspecified atom stereocenters. The number of likely N-dealkylation sites (tertiary alicyclic amines) is 1. The predicted molar refractivity (Wildman–Crippen MR) is 101 cm³/mol. The van der Waals surface area contributed by atoms with Gasteiger partial charge in [-0.1, -0.05) is 32.4 Å². The van der Waals surface area contributed by atoms with Gasteiger partial charge in [0, 0.05) is 24.6 Å². The van der Waals surface area contributed by atoms with Crippen LogP contribution in [-0.4, -0.2) is 33.7 Å². The molecule has 3 heterocycles. The van der Waals surface area contributed by atoms with Crippen LogP contribution in [0.5, 0.6) is 0 Å². The molecule has 0 N–H and O–H groups in total. The number of rotatable bonds is 2. The first kappa shape index (κ1) is 18.1. The summed E-state index contributed by atoms with van der Waals surface area (Å²) in [4.78, 5) is 27.2. The number of thiophene rings is 1. The maximum absolute atomic E-state index is 12.5. The van der Waals surface area contributed by atoms with E-state index < -0.39 is 0 Å². The summed E-state index contributed by atoms with van der Waals surface area (Å²) in [5.41, 5.74) is 0.714. The highest BCUT2D eigenvalue weighted by molar-refractivity contribution is 7.17. The maximum atomic E-state index is 12.5. The van der Waals surface area contributed by atoms with Crippen LogP contribution in [0.1, 0.15) is 55.0 Å². The van der Waals surface area contributed by atoms with Crippen LogP contribution in [0.4, 0.5) is 0 Å². The Kier molecular flexibility index (Phi) is 5.02. The molecule has 3 rings (SSSR count). The van der Waals surface area contributed by atoms with Gasteiger partial charge in [-0.05, 0) is 31.0 Å². The highest BCUT2D eigenvalue weighted by Crippen LogP contribution is 2.27. The van der Waals surface area contributed by atoms with E-state index in [4.69, 9.17) is 11.6 Å². The molecule has 5 nitrogen and oxygen atoms in total. The lowest BCUT2D eigenvalue weighted by atomic mass is 9.92. The number of hydrogen-bond donors (Lipinski definition) is 0. The molecule has 0 atom stereocenters. The van der Waals surface area contributed by atoms with Crippen molar-refractivity contribution in [2.75, 3.05) is 13.1 Å². The van der Waals surface area contributed by atoms with Crippen molar-refractivity contribution < 1.29 is 4.79 Å². The Morgan fingerprint density at radius 2 is 1.88 bits per heavy atom. The first-order valence-corrected chi connectivity index (χ1v) is 9.60. The van der Waals surface area contributed by atoms with E-state index in [0.29, 0.717) is 22.3 Å². The second-order valence-electron chi connectivity index (χ2n) is 7.38. The highest BCUT2D eigenvalue weighted by atomic mass is 35.5. The van der Waals surface area contributed by atoms with Gasteiger partial charge in [0.25, 0.3) is 11.5 Å². The molecule has 0 spiro atoms. The number of nitrogens with zero attached hydrogens (tertiary/aromatic N) is 3. The van der Waals surface area contributed by atoms with Crippen molar-refractivity contribution in [3.05, 3.63) is 49.5 Å². The first-order valence-electron chi connectivity index (χ1n) is 8.40. The number of aromatic nitrogens is 2. The Bertz CT molecular complexity index is 829. The smallest absolute Gasteiger partial charge is 0.267 e. The van der Waals surface area contributed by atoms with Crippen molar-refractivity contribution in [3.8, 4) is 0 Å².